The summed E-state index contributed by atoms with van der Waals surface area (Å²) in [6.45, 7) is 6.90. The standard InChI is InChI=1S/C40H38N2O4/c1-40(2,3)29-19-17-28(18-20-29)38(43)33-11-5-7-14-35(33)41-36(39(44)45)25-26-15-21-30(22-16-26)46-24-23-27-9-8-12-32-31-10-4-6-13-34(31)42-37(27)32/h4-22,36,41-42H,23-25H2,1-3H3,(H,44,45). The number of aromatic nitrogens is 1. The van der Waals surface area contributed by atoms with Gasteiger partial charge in [0.1, 0.15) is 11.8 Å². The molecule has 6 aromatic rings. The monoisotopic (exact) mass is 610 g/mol. The number of para-hydroxylation sites is 3. The number of carbonyl (C=O) groups excluding carboxylic acids is 1. The first-order chi connectivity index (χ1) is 22.2. The fourth-order valence-electron chi connectivity index (χ4n) is 5.85. The second-order valence-corrected chi connectivity index (χ2v) is 12.7. The van der Waals surface area contributed by atoms with Gasteiger partial charge in [0.25, 0.3) is 0 Å². The number of ether oxygens (including phenoxy) is 1. The van der Waals surface area contributed by atoms with Gasteiger partial charge in [-0.25, -0.2) is 4.79 Å². The number of carboxylic acid groups (broad SMARTS) is 1. The molecule has 0 amide bonds. The molecule has 1 aromatic heterocycles. The fraction of sp³-hybridized carbons (Fsp3) is 0.200. The van der Waals surface area contributed by atoms with Crippen molar-refractivity contribution >= 4 is 39.2 Å². The van der Waals surface area contributed by atoms with Gasteiger partial charge in [-0.15, -0.1) is 0 Å². The molecule has 0 radical (unpaired) electrons. The van der Waals surface area contributed by atoms with Crippen LogP contribution in [0.25, 0.3) is 21.8 Å². The maximum absolute atomic E-state index is 13.5. The SMILES string of the molecule is CC(C)(C)c1ccc(C(=O)c2ccccc2NC(Cc2ccc(OCCc3cccc4c3[nH]c3ccccc34)cc2)C(=O)O)cc1. The molecule has 3 N–H and O–H groups in total. The summed E-state index contributed by atoms with van der Waals surface area (Å²) in [6, 6.07) is 35.9. The van der Waals surface area contributed by atoms with Crippen molar-refractivity contribution in [1.29, 1.82) is 0 Å². The summed E-state index contributed by atoms with van der Waals surface area (Å²) >= 11 is 0. The van der Waals surface area contributed by atoms with Gasteiger partial charge in [0.2, 0.25) is 0 Å². The number of benzene rings is 5. The number of anilines is 1. The second-order valence-electron chi connectivity index (χ2n) is 12.7. The molecule has 232 valence electrons. The van der Waals surface area contributed by atoms with Gasteiger partial charge in [0.05, 0.1) is 6.61 Å². The van der Waals surface area contributed by atoms with Crippen molar-refractivity contribution in [3.05, 3.63) is 143 Å². The molecule has 46 heavy (non-hydrogen) atoms. The van der Waals surface area contributed by atoms with E-state index in [1.54, 1.807) is 24.3 Å². The third-order valence-corrected chi connectivity index (χ3v) is 8.44. The average molecular weight is 611 g/mol. The van der Waals surface area contributed by atoms with E-state index < -0.39 is 12.0 Å². The summed E-state index contributed by atoms with van der Waals surface area (Å²) in [5, 5.41) is 15.6. The zero-order valence-corrected chi connectivity index (χ0v) is 26.3. The minimum absolute atomic E-state index is 0.0201. The number of hydrogen-bond acceptors (Lipinski definition) is 4. The molecule has 0 aliphatic rings. The number of carboxylic acids is 1. The molecular weight excluding hydrogens is 572 g/mol. The number of rotatable bonds is 11. The summed E-state index contributed by atoms with van der Waals surface area (Å²) in [4.78, 5) is 29.3. The average Bonchev–Trinajstić information content (AvgIpc) is 3.44. The minimum Gasteiger partial charge on any atom is -0.493 e. The molecule has 0 saturated carbocycles. The van der Waals surface area contributed by atoms with Crippen molar-refractivity contribution in [3.8, 4) is 5.75 Å². The van der Waals surface area contributed by atoms with Crippen LogP contribution in [0.5, 0.6) is 5.75 Å². The van der Waals surface area contributed by atoms with E-state index in [9.17, 15) is 14.7 Å². The van der Waals surface area contributed by atoms with Crippen LogP contribution in [-0.2, 0) is 23.1 Å². The molecule has 1 atom stereocenters. The summed E-state index contributed by atoms with van der Waals surface area (Å²) in [5.41, 5.74) is 6.90. The Morgan fingerprint density at radius 1 is 0.804 bits per heavy atom. The van der Waals surface area contributed by atoms with Crippen LogP contribution in [0.1, 0.15) is 53.4 Å². The lowest BCUT2D eigenvalue weighted by atomic mass is 9.86. The third kappa shape index (κ3) is 6.66. The zero-order chi connectivity index (χ0) is 32.3. The van der Waals surface area contributed by atoms with Gasteiger partial charge in [-0.2, -0.15) is 0 Å². The fourth-order valence-corrected chi connectivity index (χ4v) is 5.85. The molecule has 5 aromatic carbocycles. The highest BCUT2D eigenvalue weighted by molar-refractivity contribution is 6.12. The summed E-state index contributed by atoms with van der Waals surface area (Å²) in [5.74, 6) is -0.431. The Morgan fingerprint density at radius 3 is 2.24 bits per heavy atom. The van der Waals surface area contributed by atoms with E-state index in [1.165, 1.54) is 16.3 Å². The van der Waals surface area contributed by atoms with Crippen LogP contribution >= 0.6 is 0 Å². The van der Waals surface area contributed by atoms with Crippen LogP contribution in [0.15, 0.2) is 115 Å². The summed E-state index contributed by atoms with van der Waals surface area (Å²) < 4.78 is 6.06. The lowest BCUT2D eigenvalue weighted by Crippen LogP contribution is -2.32. The van der Waals surface area contributed by atoms with Gasteiger partial charge in [-0.3, -0.25) is 4.79 Å². The quantitative estimate of drug-likeness (QED) is 0.128. The number of nitrogens with one attached hydrogen (secondary N) is 2. The van der Waals surface area contributed by atoms with Gasteiger partial charge in [0, 0.05) is 51.5 Å². The number of aromatic amines is 1. The second kappa shape index (κ2) is 12.9. The maximum Gasteiger partial charge on any atom is 0.326 e. The largest absolute Gasteiger partial charge is 0.493 e. The molecule has 0 saturated heterocycles. The van der Waals surface area contributed by atoms with E-state index in [-0.39, 0.29) is 17.6 Å². The van der Waals surface area contributed by atoms with Crippen molar-refractivity contribution in [3.63, 3.8) is 0 Å². The van der Waals surface area contributed by atoms with Crippen LogP contribution in [0, 0.1) is 0 Å². The third-order valence-electron chi connectivity index (χ3n) is 8.44. The van der Waals surface area contributed by atoms with E-state index in [0.717, 1.165) is 34.3 Å². The number of ketones is 1. The van der Waals surface area contributed by atoms with E-state index in [0.29, 0.717) is 23.4 Å². The van der Waals surface area contributed by atoms with Crippen molar-refractivity contribution in [2.75, 3.05) is 11.9 Å². The van der Waals surface area contributed by atoms with Gasteiger partial charge >= 0.3 is 5.97 Å². The van der Waals surface area contributed by atoms with Crippen molar-refractivity contribution < 1.29 is 19.4 Å². The number of carbonyl (C=O) groups is 2. The van der Waals surface area contributed by atoms with E-state index in [4.69, 9.17) is 4.74 Å². The van der Waals surface area contributed by atoms with Crippen LogP contribution in [0.2, 0.25) is 0 Å². The van der Waals surface area contributed by atoms with Gasteiger partial charge in [-0.05, 0) is 52.4 Å². The maximum atomic E-state index is 13.5. The Labute approximate surface area is 269 Å². The van der Waals surface area contributed by atoms with Crippen LogP contribution in [0.3, 0.4) is 0 Å². The molecule has 0 bridgehead atoms. The summed E-state index contributed by atoms with van der Waals surface area (Å²) in [7, 11) is 0. The highest BCUT2D eigenvalue weighted by Crippen LogP contribution is 2.28. The lowest BCUT2D eigenvalue weighted by Gasteiger charge is -2.20. The number of fused-ring (bicyclic) bond motifs is 3. The molecule has 6 nitrogen and oxygen atoms in total. The van der Waals surface area contributed by atoms with Crippen LogP contribution < -0.4 is 10.1 Å². The Morgan fingerprint density at radius 2 is 1.50 bits per heavy atom. The molecule has 0 aliphatic carbocycles. The number of hydrogen-bond donors (Lipinski definition) is 3. The molecule has 6 heteroatoms. The first kappa shape index (κ1) is 30.7. The Hall–Kier alpha value is -5.36. The normalized spacial score (nSPS) is 12.2. The van der Waals surface area contributed by atoms with Crippen molar-refractivity contribution in [1.82, 2.24) is 4.98 Å². The van der Waals surface area contributed by atoms with Gasteiger partial charge in [-0.1, -0.05) is 106 Å². The highest BCUT2D eigenvalue weighted by atomic mass is 16.5. The van der Waals surface area contributed by atoms with E-state index in [1.807, 2.05) is 54.6 Å². The van der Waals surface area contributed by atoms with Crippen LogP contribution in [0.4, 0.5) is 5.69 Å². The smallest absolute Gasteiger partial charge is 0.326 e. The first-order valence-electron chi connectivity index (χ1n) is 15.6. The Balaban J connectivity index is 1.10. The molecule has 0 fully saturated rings. The predicted octanol–water partition coefficient (Wildman–Crippen LogP) is 8.58. The highest BCUT2D eigenvalue weighted by Gasteiger charge is 2.22. The molecule has 1 heterocycles. The molecule has 0 aliphatic heterocycles. The van der Waals surface area contributed by atoms with Crippen molar-refractivity contribution in [2.24, 2.45) is 0 Å². The van der Waals surface area contributed by atoms with Gasteiger partial charge in [0.15, 0.2) is 5.78 Å². The minimum atomic E-state index is -0.997. The van der Waals surface area contributed by atoms with E-state index >= 15 is 0 Å². The molecule has 6 rings (SSSR count). The molecule has 0 spiro atoms. The Kier molecular flexibility index (Phi) is 8.62. The molecule has 1 unspecified atom stereocenters. The first-order valence-corrected chi connectivity index (χ1v) is 15.6. The Bertz CT molecular complexity index is 2000. The molecular formula is C40H38N2O4. The number of H-pyrrole nitrogens is 1. The zero-order valence-electron chi connectivity index (χ0n) is 26.3. The van der Waals surface area contributed by atoms with Crippen LogP contribution in [-0.4, -0.2) is 34.5 Å². The van der Waals surface area contributed by atoms with Gasteiger partial charge < -0.3 is 20.1 Å². The predicted molar refractivity (Wildman–Crippen MR) is 185 cm³/mol. The lowest BCUT2D eigenvalue weighted by molar-refractivity contribution is -0.137. The number of aliphatic carboxylic acids is 1. The topological polar surface area (TPSA) is 91.4 Å². The van der Waals surface area contributed by atoms with E-state index in [2.05, 4.69) is 67.5 Å². The van der Waals surface area contributed by atoms with Crippen molar-refractivity contribution in [2.45, 2.75) is 45.1 Å². The summed E-state index contributed by atoms with van der Waals surface area (Å²) in [6.07, 6.45) is 0.983.